The van der Waals surface area contributed by atoms with Crippen LogP contribution >= 0.6 is 0 Å². The number of carboxylic acids is 1. The van der Waals surface area contributed by atoms with E-state index in [0.717, 1.165) is 0 Å². The summed E-state index contributed by atoms with van der Waals surface area (Å²) in [6.07, 6.45) is 0.231. The number of hydrogen-bond donors (Lipinski definition) is 3. The van der Waals surface area contributed by atoms with Crippen molar-refractivity contribution in [1.29, 1.82) is 0 Å². The fourth-order valence-corrected chi connectivity index (χ4v) is 0.284. The number of nitrogens with one attached hydrogen (secondary N) is 1. The van der Waals surface area contributed by atoms with Crippen molar-refractivity contribution in [2.45, 2.75) is 6.04 Å². The Hall–Kier alpha value is -1.10. The van der Waals surface area contributed by atoms with E-state index in [1.165, 1.54) is 0 Å². The lowest BCUT2D eigenvalue weighted by Crippen LogP contribution is -2.38. The zero-order chi connectivity index (χ0) is 7.28. The third-order valence-corrected chi connectivity index (χ3v) is 0.750. The van der Waals surface area contributed by atoms with Gasteiger partial charge in [-0.1, -0.05) is 0 Å². The van der Waals surface area contributed by atoms with E-state index in [2.05, 4.69) is 0 Å². The van der Waals surface area contributed by atoms with Gasteiger partial charge in [-0.25, -0.2) is 4.79 Å². The topological polar surface area (TPSA) is 86.6 Å². The zero-order valence-corrected chi connectivity index (χ0v) is 4.57. The van der Waals surface area contributed by atoms with E-state index < -0.39 is 18.6 Å². The Balaban J connectivity index is 3.67. The van der Waals surface area contributed by atoms with Crippen molar-refractivity contribution in [2.75, 3.05) is 6.61 Å². The van der Waals surface area contributed by atoms with Crippen molar-refractivity contribution < 1.29 is 19.8 Å². The Morgan fingerprint density at radius 2 is 2.33 bits per heavy atom. The molecule has 0 radical (unpaired) electrons. The van der Waals surface area contributed by atoms with Crippen molar-refractivity contribution >= 4 is 12.4 Å². The minimum Gasteiger partial charge on any atom is -0.480 e. The molecule has 3 N–H and O–H groups in total. The first-order valence-corrected chi connectivity index (χ1v) is 2.25. The Morgan fingerprint density at radius 3 is 2.44 bits per heavy atom. The van der Waals surface area contributed by atoms with E-state index in [-0.39, 0.29) is 6.41 Å². The average molecular weight is 133 g/mol. The fraction of sp³-hybridized carbons (Fsp3) is 0.500. The summed E-state index contributed by atoms with van der Waals surface area (Å²) < 4.78 is 0. The quantitative estimate of drug-likeness (QED) is 0.394. The van der Waals surface area contributed by atoms with E-state index in [9.17, 15) is 9.59 Å². The zero-order valence-electron chi connectivity index (χ0n) is 4.57. The molecule has 0 fully saturated rings. The van der Waals surface area contributed by atoms with Crippen LogP contribution in [0.15, 0.2) is 0 Å². The van der Waals surface area contributed by atoms with Gasteiger partial charge in [-0.3, -0.25) is 4.79 Å². The lowest BCUT2D eigenvalue weighted by molar-refractivity contribution is -0.141. The highest BCUT2D eigenvalue weighted by molar-refractivity contribution is 5.76. The van der Waals surface area contributed by atoms with Crippen LogP contribution in [0.5, 0.6) is 0 Å². The number of aliphatic hydroxyl groups excluding tert-OH is 1. The molecular formula is C4H7NO4. The molecule has 0 aromatic rings. The van der Waals surface area contributed by atoms with Crippen LogP contribution in [0.4, 0.5) is 0 Å². The standard InChI is InChI=1S/C4H7NO4/c6-1-3(4(8)9)5-2-7/h2-3,6H,1H2,(H,5,7)(H,8,9). The second-order valence-corrected chi connectivity index (χ2v) is 1.36. The lowest BCUT2D eigenvalue weighted by Gasteiger charge is -2.04. The van der Waals surface area contributed by atoms with Crippen molar-refractivity contribution in [1.82, 2.24) is 5.32 Å². The predicted octanol–water partition coefficient (Wildman–Crippen LogP) is -1.82. The van der Waals surface area contributed by atoms with Gasteiger partial charge in [-0.15, -0.1) is 0 Å². The average Bonchev–Trinajstić information content (AvgIpc) is 1.82. The number of carbonyl (C=O) groups is 2. The maximum Gasteiger partial charge on any atom is 0.328 e. The number of amides is 1. The fourth-order valence-electron chi connectivity index (χ4n) is 0.284. The Labute approximate surface area is 51.3 Å². The van der Waals surface area contributed by atoms with Gasteiger partial charge in [0, 0.05) is 0 Å². The molecule has 9 heavy (non-hydrogen) atoms. The molecule has 1 atom stereocenters. The molecule has 1 amide bonds. The van der Waals surface area contributed by atoms with Gasteiger partial charge < -0.3 is 15.5 Å². The summed E-state index contributed by atoms with van der Waals surface area (Å²) in [7, 11) is 0. The molecular weight excluding hydrogens is 126 g/mol. The van der Waals surface area contributed by atoms with E-state index in [4.69, 9.17) is 10.2 Å². The molecule has 0 aliphatic carbocycles. The summed E-state index contributed by atoms with van der Waals surface area (Å²) in [6, 6.07) is -1.18. The Morgan fingerprint density at radius 1 is 1.78 bits per heavy atom. The van der Waals surface area contributed by atoms with Gasteiger partial charge in [0.2, 0.25) is 6.41 Å². The van der Waals surface area contributed by atoms with Gasteiger partial charge in [0.1, 0.15) is 6.04 Å². The second kappa shape index (κ2) is 3.85. The van der Waals surface area contributed by atoms with Gasteiger partial charge >= 0.3 is 5.97 Å². The highest BCUT2D eigenvalue weighted by Crippen LogP contribution is 1.77. The molecule has 0 heterocycles. The number of carboxylic acid groups (broad SMARTS) is 1. The van der Waals surface area contributed by atoms with Crippen molar-refractivity contribution in [2.24, 2.45) is 0 Å². The van der Waals surface area contributed by atoms with Crippen molar-refractivity contribution in [3.63, 3.8) is 0 Å². The molecule has 0 bridgehead atoms. The predicted molar refractivity (Wildman–Crippen MR) is 27.7 cm³/mol. The number of aliphatic carboxylic acids is 1. The summed E-state index contributed by atoms with van der Waals surface area (Å²) in [6.45, 7) is -0.589. The Bertz CT molecular complexity index is 113. The van der Waals surface area contributed by atoms with Crippen molar-refractivity contribution in [3.8, 4) is 0 Å². The summed E-state index contributed by atoms with van der Waals surface area (Å²) in [5, 5.41) is 18.2. The SMILES string of the molecule is O=CNC(CO)C(=O)O. The third-order valence-electron chi connectivity index (χ3n) is 0.750. The molecule has 5 heteroatoms. The minimum atomic E-state index is -1.25. The van der Waals surface area contributed by atoms with Crippen LogP contribution < -0.4 is 5.32 Å². The third kappa shape index (κ3) is 2.65. The number of rotatable bonds is 4. The van der Waals surface area contributed by atoms with Crippen LogP contribution in [0.3, 0.4) is 0 Å². The first-order chi connectivity index (χ1) is 4.22. The van der Waals surface area contributed by atoms with Crippen LogP contribution in [0.25, 0.3) is 0 Å². The van der Waals surface area contributed by atoms with Crippen LogP contribution in [-0.2, 0) is 9.59 Å². The van der Waals surface area contributed by atoms with Gasteiger partial charge in [0.25, 0.3) is 0 Å². The number of hydrogen-bond acceptors (Lipinski definition) is 3. The van der Waals surface area contributed by atoms with Gasteiger partial charge in [0.05, 0.1) is 6.61 Å². The molecule has 0 saturated carbocycles. The molecule has 0 rings (SSSR count). The largest absolute Gasteiger partial charge is 0.480 e. The van der Waals surface area contributed by atoms with E-state index in [1.54, 1.807) is 0 Å². The van der Waals surface area contributed by atoms with E-state index >= 15 is 0 Å². The first kappa shape index (κ1) is 7.90. The second-order valence-electron chi connectivity index (χ2n) is 1.36. The normalized spacial score (nSPS) is 12.1. The van der Waals surface area contributed by atoms with Gasteiger partial charge in [0.15, 0.2) is 0 Å². The molecule has 1 unspecified atom stereocenters. The molecule has 0 aliphatic rings. The molecule has 0 spiro atoms. The molecule has 0 aromatic carbocycles. The molecule has 0 aliphatic heterocycles. The first-order valence-electron chi connectivity index (χ1n) is 2.25. The molecule has 0 saturated heterocycles. The summed E-state index contributed by atoms with van der Waals surface area (Å²) in [5.41, 5.74) is 0. The lowest BCUT2D eigenvalue weighted by atomic mass is 10.3. The minimum absolute atomic E-state index is 0.231. The number of carbonyl (C=O) groups excluding carboxylic acids is 1. The molecule has 52 valence electrons. The van der Waals surface area contributed by atoms with Crippen LogP contribution in [0.2, 0.25) is 0 Å². The van der Waals surface area contributed by atoms with E-state index in [1.807, 2.05) is 5.32 Å². The Kier molecular flexibility index (Phi) is 3.38. The molecule has 0 aromatic heterocycles. The van der Waals surface area contributed by atoms with E-state index in [0.29, 0.717) is 0 Å². The van der Waals surface area contributed by atoms with Gasteiger partial charge in [-0.2, -0.15) is 0 Å². The summed E-state index contributed by atoms with van der Waals surface area (Å²) >= 11 is 0. The number of aliphatic hydroxyl groups is 1. The molecule has 5 nitrogen and oxygen atoms in total. The van der Waals surface area contributed by atoms with Crippen LogP contribution in [0, 0.1) is 0 Å². The highest BCUT2D eigenvalue weighted by Gasteiger charge is 2.13. The van der Waals surface area contributed by atoms with Crippen LogP contribution in [0.1, 0.15) is 0 Å². The maximum absolute atomic E-state index is 9.94. The summed E-state index contributed by atoms with van der Waals surface area (Å²) in [4.78, 5) is 19.5. The van der Waals surface area contributed by atoms with Crippen molar-refractivity contribution in [3.05, 3.63) is 0 Å². The maximum atomic E-state index is 9.94. The smallest absolute Gasteiger partial charge is 0.328 e. The summed E-state index contributed by atoms with van der Waals surface area (Å²) in [5.74, 6) is -1.25. The van der Waals surface area contributed by atoms with Gasteiger partial charge in [-0.05, 0) is 0 Å². The van der Waals surface area contributed by atoms with Crippen LogP contribution in [-0.4, -0.2) is 35.2 Å². The highest BCUT2D eigenvalue weighted by atomic mass is 16.4. The monoisotopic (exact) mass is 133 g/mol.